The Morgan fingerprint density at radius 1 is 1.21 bits per heavy atom. The summed E-state index contributed by atoms with van der Waals surface area (Å²) in [4.78, 5) is 0. The number of nitrogens with one attached hydrogen (secondary N) is 1. The molecule has 7 heteroatoms. The Labute approximate surface area is 116 Å². The molecule has 0 radical (unpaired) electrons. The van der Waals surface area contributed by atoms with Crippen molar-refractivity contribution in [1.82, 2.24) is 9.62 Å². The first-order valence-corrected chi connectivity index (χ1v) is 8.30. The molecule has 1 unspecified atom stereocenters. The third-order valence-electron chi connectivity index (χ3n) is 3.33. The van der Waals surface area contributed by atoms with Gasteiger partial charge in [-0.3, -0.25) is 0 Å². The topological polar surface area (TPSA) is 67.9 Å². The lowest BCUT2D eigenvalue weighted by molar-refractivity contribution is 0.163. The minimum atomic E-state index is -3.24. The lowest BCUT2D eigenvalue weighted by Crippen LogP contribution is -2.47. The van der Waals surface area contributed by atoms with Crippen LogP contribution in [0.3, 0.4) is 0 Å². The first-order valence-electron chi connectivity index (χ1n) is 6.80. The average Bonchev–Trinajstić information content (AvgIpc) is 2.43. The number of methoxy groups -OCH3 is 2. The van der Waals surface area contributed by atoms with Gasteiger partial charge in [0.2, 0.25) is 10.0 Å². The van der Waals surface area contributed by atoms with Gasteiger partial charge in [0, 0.05) is 40.5 Å². The lowest BCUT2D eigenvalue weighted by atomic mass is 10.2. The fraction of sp³-hybridized carbons (Fsp3) is 1.00. The summed E-state index contributed by atoms with van der Waals surface area (Å²) < 4.78 is 36.7. The van der Waals surface area contributed by atoms with Crippen LogP contribution < -0.4 is 5.32 Å². The fourth-order valence-corrected chi connectivity index (χ4v) is 4.16. The van der Waals surface area contributed by atoms with Crippen LogP contribution in [0.1, 0.15) is 19.3 Å². The summed E-state index contributed by atoms with van der Waals surface area (Å²) >= 11 is 0. The molecule has 6 nitrogen and oxygen atoms in total. The van der Waals surface area contributed by atoms with Crippen molar-refractivity contribution in [3.05, 3.63) is 0 Å². The van der Waals surface area contributed by atoms with Gasteiger partial charge in [-0.05, 0) is 25.8 Å². The highest BCUT2D eigenvalue weighted by Crippen LogP contribution is 2.16. The molecule has 1 heterocycles. The van der Waals surface area contributed by atoms with E-state index in [1.54, 1.807) is 18.5 Å². The van der Waals surface area contributed by atoms with Crippen molar-refractivity contribution in [2.45, 2.75) is 24.5 Å². The van der Waals surface area contributed by atoms with Gasteiger partial charge in [-0.1, -0.05) is 0 Å². The molecule has 0 bridgehead atoms. The number of hydrogen-bond acceptors (Lipinski definition) is 5. The Morgan fingerprint density at radius 2 is 1.95 bits per heavy atom. The summed E-state index contributed by atoms with van der Waals surface area (Å²) in [6.07, 6.45) is 2.36. The molecular formula is C12H26N2O4S. The van der Waals surface area contributed by atoms with Crippen LogP contribution >= 0.6 is 0 Å². The molecule has 0 saturated carbocycles. The molecule has 1 aliphatic rings. The molecule has 1 aliphatic heterocycles. The Kier molecular flexibility index (Phi) is 7.86. The highest BCUT2D eigenvalue weighted by atomic mass is 32.2. The summed E-state index contributed by atoms with van der Waals surface area (Å²) in [6, 6.07) is 0. The van der Waals surface area contributed by atoms with Gasteiger partial charge in [-0.25, -0.2) is 8.42 Å². The molecule has 1 N–H and O–H groups in total. The maximum absolute atomic E-state index is 12.6. The van der Waals surface area contributed by atoms with Crippen molar-refractivity contribution in [1.29, 1.82) is 0 Å². The zero-order valence-corrected chi connectivity index (χ0v) is 12.7. The number of ether oxygens (including phenoxy) is 2. The van der Waals surface area contributed by atoms with Gasteiger partial charge in [0.25, 0.3) is 0 Å². The van der Waals surface area contributed by atoms with Crippen molar-refractivity contribution in [3.8, 4) is 0 Å². The maximum Gasteiger partial charge on any atom is 0.218 e. The van der Waals surface area contributed by atoms with Crippen LogP contribution in [0.2, 0.25) is 0 Å². The average molecular weight is 294 g/mol. The first kappa shape index (κ1) is 16.8. The zero-order valence-electron chi connectivity index (χ0n) is 11.9. The first-order chi connectivity index (χ1) is 9.12. The monoisotopic (exact) mass is 294 g/mol. The van der Waals surface area contributed by atoms with E-state index in [1.807, 2.05) is 0 Å². The Balaban J connectivity index is 2.63. The van der Waals surface area contributed by atoms with E-state index in [0.29, 0.717) is 39.3 Å². The van der Waals surface area contributed by atoms with E-state index in [2.05, 4.69) is 5.32 Å². The molecule has 0 spiro atoms. The van der Waals surface area contributed by atoms with Gasteiger partial charge in [-0.15, -0.1) is 0 Å². The smallest absolute Gasteiger partial charge is 0.218 e. The molecule has 0 aromatic heterocycles. The summed E-state index contributed by atoms with van der Waals surface area (Å²) in [6.45, 7) is 3.37. The molecule has 1 saturated heterocycles. The normalized spacial score (nSPS) is 20.9. The largest absolute Gasteiger partial charge is 0.385 e. The van der Waals surface area contributed by atoms with Crippen LogP contribution in [-0.4, -0.2) is 71.6 Å². The molecule has 1 atom stereocenters. The maximum atomic E-state index is 12.6. The number of rotatable bonds is 9. The Hall–Kier alpha value is -0.210. The van der Waals surface area contributed by atoms with Crippen LogP contribution in [0.5, 0.6) is 0 Å². The third kappa shape index (κ3) is 5.35. The van der Waals surface area contributed by atoms with Crippen LogP contribution in [-0.2, 0) is 19.5 Å². The van der Waals surface area contributed by atoms with E-state index < -0.39 is 10.0 Å². The van der Waals surface area contributed by atoms with Gasteiger partial charge in [-0.2, -0.15) is 4.31 Å². The number of nitrogens with zero attached hydrogens (tertiary/aromatic N) is 1. The van der Waals surface area contributed by atoms with E-state index in [0.717, 1.165) is 19.4 Å². The van der Waals surface area contributed by atoms with Crippen molar-refractivity contribution in [2.75, 3.05) is 53.6 Å². The second-order valence-electron chi connectivity index (χ2n) is 4.75. The molecule has 0 aromatic carbocycles. The second-order valence-corrected chi connectivity index (χ2v) is 6.96. The summed E-state index contributed by atoms with van der Waals surface area (Å²) in [5.74, 6) is 0. The zero-order chi connectivity index (χ0) is 14.1. The lowest BCUT2D eigenvalue weighted by Gasteiger charge is -2.29. The molecule has 0 aliphatic carbocycles. The molecule has 0 aromatic rings. The van der Waals surface area contributed by atoms with E-state index >= 15 is 0 Å². The van der Waals surface area contributed by atoms with Gasteiger partial charge in [0.05, 0.1) is 11.9 Å². The van der Waals surface area contributed by atoms with E-state index in [-0.39, 0.29) is 5.25 Å². The van der Waals surface area contributed by atoms with Crippen LogP contribution in [0, 0.1) is 0 Å². The Morgan fingerprint density at radius 3 is 2.53 bits per heavy atom. The predicted octanol–water partition coefficient (Wildman–Crippen LogP) is 0.0531. The SMILES string of the molecule is COCCCN(CCOC)S(=O)(=O)C1CCCNC1. The third-order valence-corrected chi connectivity index (χ3v) is 5.66. The predicted molar refractivity (Wildman–Crippen MR) is 74.8 cm³/mol. The number of piperidine rings is 1. The van der Waals surface area contributed by atoms with Crippen molar-refractivity contribution >= 4 is 10.0 Å². The van der Waals surface area contributed by atoms with Gasteiger partial charge < -0.3 is 14.8 Å². The number of hydrogen-bond donors (Lipinski definition) is 1. The van der Waals surface area contributed by atoms with Crippen molar-refractivity contribution in [2.24, 2.45) is 0 Å². The van der Waals surface area contributed by atoms with Crippen LogP contribution in [0.4, 0.5) is 0 Å². The summed E-state index contributed by atoms with van der Waals surface area (Å²) in [7, 11) is -0.0321. The van der Waals surface area contributed by atoms with Gasteiger partial charge >= 0.3 is 0 Å². The van der Waals surface area contributed by atoms with E-state index in [9.17, 15) is 8.42 Å². The van der Waals surface area contributed by atoms with E-state index in [1.165, 1.54) is 0 Å². The Bertz CT molecular complexity index is 329. The molecule has 1 rings (SSSR count). The summed E-state index contributed by atoms with van der Waals surface area (Å²) in [5, 5.41) is 2.85. The number of sulfonamides is 1. The highest BCUT2D eigenvalue weighted by molar-refractivity contribution is 7.89. The molecule has 0 amide bonds. The second kappa shape index (κ2) is 8.86. The summed E-state index contributed by atoms with van der Waals surface area (Å²) in [5.41, 5.74) is 0. The molecule has 114 valence electrons. The molecular weight excluding hydrogens is 268 g/mol. The fourth-order valence-electron chi connectivity index (χ4n) is 2.23. The van der Waals surface area contributed by atoms with E-state index in [4.69, 9.17) is 9.47 Å². The molecule has 19 heavy (non-hydrogen) atoms. The van der Waals surface area contributed by atoms with Crippen molar-refractivity contribution < 1.29 is 17.9 Å². The van der Waals surface area contributed by atoms with Crippen LogP contribution in [0.25, 0.3) is 0 Å². The standard InChI is InChI=1S/C12H26N2O4S/c1-17-9-4-7-14(8-10-18-2)19(15,16)12-5-3-6-13-11-12/h12-13H,3-11H2,1-2H3. The highest BCUT2D eigenvalue weighted by Gasteiger charge is 2.32. The minimum absolute atomic E-state index is 0.305. The van der Waals surface area contributed by atoms with Gasteiger partial charge in [0.1, 0.15) is 0 Å². The van der Waals surface area contributed by atoms with Crippen LogP contribution in [0.15, 0.2) is 0 Å². The quantitative estimate of drug-likeness (QED) is 0.609. The minimum Gasteiger partial charge on any atom is -0.385 e. The molecule has 1 fully saturated rings. The van der Waals surface area contributed by atoms with Crippen molar-refractivity contribution in [3.63, 3.8) is 0 Å². The van der Waals surface area contributed by atoms with Gasteiger partial charge in [0.15, 0.2) is 0 Å².